The Morgan fingerprint density at radius 1 is 1.13 bits per heavy atom. The Labute approximate surface area is 134 Å². The van der Waals surface area contributed by atoms with E-state index in [9.17, 15) is 17.6 Å². The molecule has 0 aliphatic rings. The van der Waals surface area contributed by atoms with Crippen LogP contribution in [0.4, 0.5) is 10.1 Å². The van der Waals surface area contributed by atoms with Crippen molar-refractivity contribution in [1.29, 1.82) is 0 Å². The molecule has 0 unspecified atom stereocenters. The zero-order chi connectivity index (χ0) is 17.0. The molecule has 1 N–H and O–H groups in total. The third-order valence-electron chi connectivity index (χ3n) is 3.30. The molecule has 0 aliphatic carbocycles. The summed E-state index contributed by atoms with van der Waals surface area (Å²) in [4.78, 5) is 11.7. The van der Waals surface area contributed by atoms with Crippen molar-refractivity contribution in [3.05, 3.63) is 59.9 Å². The number of hydrogen-bond acceptors (Lipinski definition) is 3. The highest BCUT2D eigenvalue weighted by Gasteiger charge is 2.28. The van der Waals surface area contributed by atoms with Gasteiger partial charge in [-0.3, -0.25) is 9.10 Å². The molecule has 0 aromatic heterocycles. The van der Waals surface area contributed by atoms with Gasteiger partial charge in [0.15, 0.2) is 0 Å². The van der Waals surface area contributed by atoms with Crippen LogP contribution in [0.3, 0.4) is 0 Å². The topological polar surface area (TPSA) is 66.5 Å². The van der Waals surface area contributed by atoms with E-state index in [1.807, 2.05) is 6.92 Å². The maximum Gasteiger partial charge on any atom is 0.264 e. The number of rotatable bonds is 5. The molecule has 0 fully saturated rings. The molecule has 5 nitrogen and oxygen atoms in total. The summed E-state index contributed by atoms with van der Waals surface area (Å²) in [5.74, 6) is -1.25. The van der Waals surface area contributed by atoms with Gasteiger partial charge in [0.05, 0.1) is 10.6 Å². The van der Waals surface area contributed by atoms with Crippen molar-refractivity contribution in [1.82, 2.24) is 5.32 Å². The third-order valence-corrected chi connectivity index (χ3v) is 5.07. The standard InChI is InChI=1S/C16H17FN2O3S/c1-12-7-9-13(10-8-12)23(21,22)19(11-16(20)18-2)15-6-4-3-5-14(15)17/h3-10H,11H2,1-2H3,(H,18,20). The molecular weight excluding hydrogens is 319 g/mol. The van der Waals surface area contributed by atoms with Crippen molar-refractivity contribution in [3.8, 4) is 0 Å². The number of hydrogen-bond donors (Lipinski definition) is 1. The molecule has 0 saturated heterocycles. The lowest BCUT2D eigenvalue weighted by Gasteiger charge is -2.24. The molecular formula is C16H17FN2O3S. The van der Waals surface area contributed by atoms with Gasteiger partial charge < -0.3 is 5.32 Å². The van der Waals surface area contributed by atoms with Crippen molar-refractivity contribution in [2.75, 3.05) is 17.9 Å². The molecule has 0 atom stereocenters. The van der Waals surface area contributed by atoms with Gasteiger partial charge in [-0.2, -0.15) is 0 Å². The second kappa shape index (κ2) is 6.78. The summed E-state index contributed by atoms with van der Waals surface area (Å²) in [5.41, 5.74) is 0.726. The zero-order valence-electron chi connectivity index (χ0n) is 12.8. The fraction of sp³-hybridized carbons (Fsp3) is 0.188. The first-order valence-corrected chi connectivity index (χ1v) is 8.35. The molecule has 2 rings (SSSR count). The maximum atomic E-state index is 14.1. The van der Waals surface area contributed by atoms with E-state index in [4.69, 9.17) is 0 Å². The molecule has 23 heavy (non-hydrogen) atoms. The SMILES string of the molecule is CNC(=O)CN(c1ccccc1F)S(=O)(=O)c1ccc(C)cc1. The largest absolute Gasteiger partial charge is 0.358 e. The third kappa shape index (κ3) is 3.68. The maximum absolute atomic E-state index is 14.1. The fourth-order valence-electron chi connectivity index (χ4n) is 2.00. The lowest BCUT2D eigenvalue weighted by Crippen LogP contribution is -2.40. The van der Waals surface area contributed by atoms with Crippen molar-refractivity contribution < 1.29 is 17.6 Å². The summed E-state index contributed by atoms with van der Waals surface area (Å²) in [6.45, 7) is 1.32. The summed E-state index contributed by atoms with van der Waals surface area (Å²) in [7, 11) is -2.68. The van der Waals surface area contributed by atoms with Crippen LogP contribution in [0.5, 0.6) is 0 Å². The number of sulfonamides is 1. The number of aryl methyl sites for hydroxylation is 1. The zero-order valence-corrected chi connectivity index (χ0v) is 13.6. The Morgan fingerprint density at radius 2 is 1.74 bits per heavy atom. The molecule has 0 aliphatic heterocycles. The minimum atomic E-state index is -4.07. The quantitative estimate of drug-likeness (QED) is 0.909. The molecule has 1 amide bonds. The van der Waals surface area contributed by atoms with Crippen LogP contribution in [-0.4, -0.2) is 27.9 Å². The molecule has 122 valence electrons. The summed E-state index contributed by atoms with van der Waals surface area (Å²) in [6.07, 6.45) is 0. The highest BCUT2D eigenvalue weighted by Crippen LogP contribution is 2.26. The second-order valence-electron chi connectivity index (χ2n) is 4.95. The average Bonchev–Trinajstić information content (AvgIpc) is 2.53. The molecule has 2 aromatic rings. The van der Waals surface area contributed by atoms with Gasteiger partial charge in [0.2, 0.25) is 5.91 Å². The van der Waals surface area contributed by atoms with Gasteiger partial charge in [0.25, 0.3) is 10.0 Å². The number of nitrogens with one attached hydrogen (secondary N) is 1. The van der Waals surface area contributed by atoms with Crippen molar-refractivity contribution >= 4 is 21.6 Å². The Hall–Kier alpha value is -2.41. The van der Waals surface area contributed by atoms with Crippen LogP contribution in [-0.2, 0) is 14.8 Å². The number of halogens is 1. The summed E-state index contributed by atoms with van der Waals surface area (Å²) in [5, 5.41) is 2.35. The van der Waals surface area contributed by atoms with Crippen LogP contribution in [0.2, 0.25) is 0 Å². The van der Waals surface area contributed by atoms with Crippen LogP contribution in [0.15, 0.2) is 53.4 Å². The molecule has 0 bridgehead atoms. The van der Waals surface area contributed by atoms with Crippen LogP contribution < -0.4 is 9.62 Å². The highest BCUT2D eigenvalue weighted by atomic mass is 32.2. The minimum absolute atomic E-state index is 0.00439. The number of benzene rings is 2. The number of carbonyl (C=O) groups is 1. The molecule has 0 radical (unpaired) electrons. The lowest BCUT2D eigenvalue weighted by molar-refractivity contribution is -0.119. The van der Waals surface area contributed by atoms with E-state index >= 15 is 0 Å². The molecule has 0 spiro atoms. The van der Waals surface area contributed by atoms with Crippen LogP contribution in [0.1, 0.15) is 5.56 Å². The van der Waals surface area contributed by atoms with E-state index in [0.29, 0.717) is 0 Å². The predicted octanol–water partition coefficient (Wildman–Crippen LogP) is 2.08. The number of anilines is 1. The van der Waals surface area contributed by atoms with Gasteiger partial charge in [-0.1, -0.05) is 29.8 Å². The van der Waals surface area contributed by atoms with Crippen molar-refractivity contribution in [2.24, 2.45) is 0 Å². The van der Waals surface area contributed by atoms with Crippen molar-refractivity contribution in [2.45, 2.75) is 11.8 Å². The molecule has 7 heteroatoms. The smallest absolute Gasteiger partial charge is 0.264 e. The summed E-state index contributed by atoms with van der Waals surface area (Å²) < 4.78 is 40.5. The van der Waals surface area contributed by atoms with Crippen LogP contribution in [0.25, 0.3) is 0 Å². The van der Waals surface area contributed by atoms with Gasteiger partial charge in [0, 0.05) is 7.05 Å². The monoisotopic (exact) mass is 336 g/mol. The van der Waals surface area contributed by atoms with Gasteiger partial charge >= 0.3 is 0 Å². The van der Waals surface area contributed by atoms with Gasteiger partial charge in [-0.05, 0) is 31.2 Å². The van der Waals surface area contributed by atoms with E-state index in [1.54, 1.807) is 12.1 Å². The summed E-state index contributed by atoms with van der Waals surface area (Å²) in [6, 6.07) is 11.6. The van der Waals surface area contributed by atoms with Crippen LogP contribution >= 0.6 is 0 Å². The van der Waals surface area contributed by atoms with Crippen LogP contribution in [0, 0.1) is 12.7 Å². The van der Waals surface area contributed by atoms with E-state index in [1.165, 1.54) is 37.4 Å². The summed E-state index contributed by atoms with van der Waals surface area (Å²) >= 11 is 0. The second-order valence-corrected chi connectivity index (χ2v) is 6.81. The molecule has 0 heterocycles. The first kappa shape index (κ1) is 17.0. The van der Waals surface area contributed by atoms with E-state index in [2.05, 4.69) is 5.32 Å². The lowest BCUT2D eigenvalue weighted by atomic mass is 10.2. The minimum Gasteiger partial charge on any atom is -0.358 e. The fourth-order valence-corrected chi connectivity index (χ4v) is 3.43. The molecule has 0 saturated carbocycles. The number of nitrogens with zero attached hydrogens (tertiary/aromatic N) is 1. The van der Waals surface area contributed by atoms with E-state index in [-0.39, 0.29) is 10.6 Å². The van der Waals surface area contributed by atoms with E-state index in [0.717, 1.165) is 15.9 Å². The highest BCUT2D eigenvalue weighted by molar-refractivity contribution is 7.92. The predicted molar refractivity (Wildman–Crippen MR) is 86.2 cm³/mol. The van der Waals surface area contributed by atoms with Gasteiger partial charge in [-0.15, -0.1) is 0 Å². The Balaban J connectivity index is 2.54. The number of likely N-dealkylation sites (N-methyl/N-ethyl adjacent to an activating group) is 1. The normalized spacial score (nSPS) is 11.1. The Bertz CT molecular complexity index is 804. The molecule has 2 aromatic carbocycles. The average molecular weight is 336 g/mol. The van der Waals surface area contributed by atoms with Gasteiger partial charge in [0.1, 0.15) is 12.4 Å². The first-order valence-electron chi connectivity index (χ1n) is 6.91. The number of para-hydroxylation sites is 1. The first-order chi connectivity index (χ1) is 10.9. The van der Waals surface area contributed by atoms with E-state index < -0.39 is 28.3 Å². The number of carbonyl (C=O) groups excluding carboxylic acids is 1. The Kier molecular flexibility index (Phi) is 5.00. The Morgan fingerprint density at radius 3 is 2.30 bits per heavy atom. The van der Waals surface area contributed by atoms with Gasteiger partial charge in [-0.25, -0.2) is 12.8 Å². The number of amides is 1. The van der Waals surface area contributed by atoms with Crippen molar-refractivity contribution in [3.63, 3.8) is 0 Å².